The third kappa shape index (κ3) is 12.3. The van der Waals surface area contributed by atoms with Crippen LogP contribution in [0.5, 0.6) is 0 Å². The van der Waals surface area contributed by atoms with Gasteiger partial charge in [-0.15, -0.1) is 10.2 Å². The molecule has 0 saturated carbocycles. The van der Waals surface area contributed by atoms with Gasteiger partial charge in [0.1, 0.15) is 23.8 Å². The maximum atomic E-state index is 14.4. The van der Waals surface area contributed by atoms with Gasteiger partial charge < -0.3 is 25.8 Å². The summed E-state index contributed by atoms with van der Waals surface area (Å²) < 4.78 is 96.1. The third-order valence-electron chi connectivity index (χ3n) is 7.95. The molecule has 2 atom stereocenters. The van der Waals surface area contributed by atoms with Gasteiger partial charge in [0.15, 0.2) is 17.5 Å². The number of aromatic nitrogens is 7. The summed E-state index contributed by atoms with van der Waals surface area (Å²) in [5.74, 6) is -6.23. The van der Waals surface area contributed by atoms with Gasteiger partial charge in [0.25, 0.3) is 5.91 Å². The molecule has 4 N–H and O–H groups in total. The van der Waals surface area contributed by atoms with Crippen molar-refractivity contribution >= 4 is 35.5 Å². The molecule has 0 aliphatic carbocycles. The summed E-state index contributed by atoms with van der Waals surface area (Å²) in [4.78, 5) is 71.1. The number of nitrogens with zero attached hydrogens (tertiary/aromatic N) is 7. The Morgan fingerprint density at radius 3 is 2.22 bits per heavy atom. The van der Waals surface area contributed by atoms with E-state index in [0.29, 0.717) is 20.0 Å². The summed E-state index contributed by atoms with van der Waals surface area (Å²) in [5.41, 5.74) is 2.06. The molecule has 0 bridgehead atoms. The Hall–Kier alpha value is -6.00. The smallest absolute Gasteiger partial charge is 0.427 e. The summed E-state index contributed by atoms with van der Waals surface area (Å²) in [5, 5.41) is 13.2. The minimum atomic E-state index is -5.23. The summed E-state index contributed by atoms with van der Waals surface area (Å²) in [6.07, 6.45) is -13.7. The molecule has 0 aliphatic heterocycles. The maximum absolute atomic E-state index is 14.4. The lowest BCUT2D eigenvalue weighted by Crippen LogP contribution is -2.51. The van der Waals surface area contributed by atoms with Crippen molar-refractivity contribution in [2.45, 2.75) is 90.6 Å². The van der Waals surface area contributed by atoms with Gasteiger partial charge >= 0.3 is 30.1 Å². The Morgan fingerprint density at radius 2 is 1.64 bits per heavy atom. The fraction of sp³-hybridized carbons (Fsp3) is 0.457. The Kier molecular flexibility index (Phi) is 14.2. The molecular formula is C35H39ClF6N10O7. The highest BCUT2D eigenvalue weighted by Crippen LogP contribution is 2.33. The van der Waals surface area contributed by atoms with Crippen molar-refractivity contribution in [2.75, 3.05) is 6.54 Å². The molecule has 0 radical (unpaired) electrons. The molecule has 1 aromatic carbocycles. The van der Waals surface area contributed by atoms with Gasteiger partial charge in [0.2, 0.25) is 17.8 Å². The number of nitrogens with two attached hydrogens (primary N) is 1. The van der Waals surface area contributed by atoms with Crippen LogP contribution in [0.15, 0.2) is 47.4 Å². The van der Waals surface area contributed by atoms with E-state index in [1.807, 2.05) is 0 Å². The summed E-state index contributed by atoms with van der Waals surface area (Å²) in [6.45, 7) is 5.94. The second kappa shape index (κ2) is 18.3. The number of carbonyl (C=O) groups is 4. The fourth-order valence-electron chi connectivity index (χ4n) is 5.29. The number of ether oxygens (including phenoxy) is 2. The molecule has 3 heterocycles. The largest absolute Gasteiger partial charge is 0.451 e. The fourth-order valence-corrected chi connectivity index (χ4v) is 5.41. The molecule has 0 fully saturated rings. The number of amides is 3. The molecule has 0 aliphatic rings. The molecule has 0 spiro atoms. The number of pyridine rings is 1. The van der Waals surface area contributed by atoms with Crippen LogP contribution in [0, 0.1) is 5.92 Å². The average molecular weight is 861 g/mol. The molecule has 17 nitrogen and oxygen atoms in total. The predicted molar refractivity (Wildman–Crippen MR) is 195 cm³/mol. The zero-order chi connectivity index (χ0) is 44.0. The number of halogens is 7. The molecule has 0 unspecified atom stereocenters. The number of esters is 1. The van der Waals surface area contributed by atoms with Gasteiger partial charge in [0, 0.05) is 29.7 Å². The minimum Gasteiger partial charge on any atom is -0.451 e. The lowest BCUT2D eigenvalue weighted by Gasteiger charge is -2.25. The topological polar surface area (TPSA) is 220 Å². The number of primary amides is 1. The van der Waals surface area contributed by atoms with E-state index in [0.717, 1.165) is 12.3 Å². The average Bonchev–Trinajstić information content (AvgIpc) is 3.68. The number of hydrogen-bond acceptors (Lipinski definition) is 11. The second-order valence-electron chi connectivity index (χ2n) is 14.2. The predicted octanol–water partition coefficient (Wildman–Crippen LogP) is 4.43. The molecule has 4 rings (SSSR count). The Labute approximate surface area is 336 Å². The van der Waals surface area contributed by atoms with Crippen LogP contribution in [0.3, 0.4) is 0 Å². The van der Waals surface area contributed by atoms with Gasteiger partial charge in [-0.25, -0.2) is 24.2 Å². The zero-order valence-electron chi connectivity index (χ0n) is 32.0. The molecule has 24 heteroatoms. The van der Waals surface area contributed by atoms with Crippen LogP contribution < -0.4 is 22.1 Å². The normalized spacial score (nSPS) is 13.2. The number of benzene rings is 1. The van der Waals surface area contributed by atoms with Crippen molar-refractivity contribution in [1.29, 1.82) is 0 Å². The zero-order valence-corrected chi connectivity index (χ0v) is 32.8. The molecule has 59 heavy (non-hydrogen) atoms. The van der Waals surface area contributed by atoms with Crippen LogP contribution in [-0.2, 0) is 38.3 Å². The standard InChI is InChI=1S/C35H39ClF6N10O7/c1-18(2)25(47-31(56)59-33(3,4)5)30(55)45-15-7-9-24(53)58-22(35(40,41)42)16-50-27(19-10-12-20(36)13-11-19)49-51(32(50)57)17-23-46-29(26(43)54)52(48-23)28-21(34(37,38)39)8-6-14-44-28/h6,8,10-14,18,22,25H,7,9,15-17H2,1-5H3,(H2,43,54)(H,45,55)(H,47,56)/t22-,25-/m0/s1. The molecule has 3 aromatic heterocycles. The molecule has 0 saturated heterocycles. The summed E-state index contributed by atoms with van der Waals surface area (Å²) in [6, 6.07) is 6.00. The Bertz CT molecular complexity index is 2210. The van der Waals surface area contributed by atoms with Crippen molar-refractivity contribution in [3.63, 3.8) is 0 Å². The first-order valence-electron chi connectivity index (χ1n) is 17.6. The molecule has 320 valence electrons. The van der Waals surface area contributed by atoms with Gasteiger partial charge in [-0.3, -0.25) is 19.0 Å². The van der Waals surface area contributed by atoms with Crippen LogP contribution in [0.25, 0.3) is 17.2 Å². The number of carbonyl (C=O) groups excluding carboxylic acids is 4. The van der Waals surface area contributed by atoms with Crippen molar-refractivity contribution in [3.05, 3.63) is 75.3 Å². The number of nitrogens with one attached hydrogen (secondary N) is 2. The Balaban J connectivity index is 1.56. The van der Waals surface area contributed by atoms with Crippen LogP contribution >= 0.6 is 11.6 Å². The lowest BCUT2D eigenvalue weighted by atomic mass is 10.0. The highest BCUT2D eigenvalue weighted by molar-refractivity contribution is 6.30. The second-order valence-corrected chi connectivity index (χ2v) is 14.6. The minimum absolute atomic E-state index is 0.0775. The van der Waals surface area contributed by atoms with Crippen molar-refractivity contribution in [1.82, 2.24) is 44.7 Å². The maximum Gasteiger partial charge on any atom is 0.427 e. The van der Waals surface area contributed by atoms with Crippen LogP contribution in [-0.4, -0.2) is 88.4 Å². The highest BCUT2D eigenvalue weighted by Gasteiger charge is 2.44. The monoisotopic (exact) mass is 860 g/mol. The Morgan fingerprint density at radius 1 is 0.983 bits per heavy atom. The third-order valence-corrected chi connectivity index (χ3v) is 8.20. The number of rotatable bonds is 15. The first-order valence-corrected chi connectivity index (χ1v) is 18.0. The van der Waals surface area contributed by atoms with E-state index in [1.165, 1.54) is 24.3 Å². The van der Waals surface area contributed by atoms with Gasteiger partial charge in [0.05, 0.1) is 6.54 Å². The first kappa shape index (κ1) is 45.7. The number of alkyl carbamates (subject to hydrolysis) is 1. The van der Waals surface area contributed by atoms with Crippen molar-refractivity contribution < 1.29 is 55.0 Å². The summed E-state index contributed by atoms with van der Waals surface area (Å²) >= 11 is 5.98. The summed E-state index contributed by atoms with van der Waals surface area (Å²) in [7, 11) is 0. The van der Waals surface area contributed by atoms with Gasteiger partial charge in [-0.05, 0) is 69.5 Å². The van der Waals surface area contributed by atoms with Gasteiger partial charge in [-0.1, -0.05) is 25.4 Å². The van der Waals surface area contributed by atoms with E-state index in [-0.39, 0.29) is 35.3 Å². The van der Waals surface area contributed by atoms with E-state index in [4.69, 9.17) is 26.8 Å². The van der Waals surface area contributed by atoms with Crippen LogP contribution in [0.1, 0.15) is 69.5 Å². The first-order chi connectivity index (χ1) is 27.4. The number of alkyl halides is 6. The van der Waals surface area contributed by atoms with Crippen LogP contribution in [0.4, 0.5) is 31.1 Å². The van der Waals surface area contributed by atoms with E-state index in [1.54, 1.807) is 34.6 Å². The van der Waals surface area contributed by atoms with E-state index in [9.17, 15) is 50.3 Å². The van der Waals surface area contributed by atoms with Crippen molar-refractivity contribution in [2.24, 2.45) is 11.7 Å². The van der Waals surface area contributed by atoms with Crippen molar-refractivity contribution in [3.8, 4) is 17.2 Å². The number of hydrogen-bond donors (Lipinski definition) is 3. The quantitative estimate of drug-likeness (QED) is 0.0863. The SMILES string of the molecule is CC(C)[C@H](NC(=O)OC(C)(C)C)C(=O)NCCCC(=O)O[C@@H](Cn1c(-c2ccc(Cl)cc2)nn(Cc2nc(C(N)=O)n(-c3ncccc3C(F)(F)F)n2)c1=O)C(F)(F)F. The molecular weight excluding hydrogens is 822 g/mol. The van der Waals surface area contributed by atoms with E-state index in [2.05, 4.69) is 30.8 Å². The highest BCUT2D eigenvalue weighted by atomic mass is 35.5. The lowest BCUT2D eigenvalue weighted by molar-refractivity contribution is -0.224. The van der Waals surface area contributed by atoms with E-state index < -0.39 is 102 Å². The molecule has 4 aromatic rings. The van der Waals surface area contributed by atoms with Crippen LogP contribution in [0.2, 0.25) is 5.02 Å². The van der Waals surface area contributed by atoms with Gasteiger partial charge in [-0.2, -0.15) is 31.0 Å². The van der Waals surface area contributed by atoms with E-state index >= 15 is 0 Å². The molecule has 3 amide bonds.